The number of carbonyl (C=O) groups is 2. The van der Waals surface area contributed by atoms with E-state index in [-0.39, 0.29) is 48.9 Å². The third kappa shape index (κ3) is 3.84. The van der Waals surface area contributed by atoms with Crippen LogP contribution in [0.15, 0.2) is 18.2 Å². The van der Waals surface area contributed by atoms with E-state index < -0.39 is 17.6 Å². The number of nitrogens with zero attached hydrogens (tertiary/aromatic N) is 1. The van der Waals surface area contributed by atoms with Crippen LogP contribution in [-0.4, -0.2) is 30.9 Å². The number of benzene rings is 1. The number of anilines is 1. The molecule has 1 heterocycles. The fourth-order valence-electron chi connectivity index (χ4n) is 2.98. The van der Waals surface area contributed by atoms with E-state index in [1.54, 1.807) is 0 Å². The van der Waals surface area contributed by atoms with Crippen molar-refractivity contribution in [3.63, 3.8) is 0 Å². The summed E-state index contributed by atoms with van der Waals surface area (Å²) in [5.41, 5.74) is 5.67. The number of nitrogens with one attached hydrogen (secondary N) is 1. The van der Waals surface area contributed by atoms with Crippen molar-refractivity contribution in [1.82, 2.24) is 5.32 Å². The van der Waals surface area contributed by atoms with Crippen molar-refractivity contribution in [1.29, 1.82) is 0 Å². The molecule has 1 aromatic rings. The smallest absolute Gasteiger partial charge is 0.227 e. The quantitative estimate of drug-likeness (QED) is 0.838. The monoisotopic (exact) mass is 359 g/mol. The van der Waals surface area contributed by atoms with Gasteiger partial charge in [0.25, 0.3) is 0 Å². The topological polar surface area (TPSA) is 75.4 Å². The lowest BCUT2D eigenvalue weighted by Crippen LogP contribution is -2.45. The molecule has 132 valence electrons. The van der Waals surface area contributed by atoms with Gasteiger partial charge in [0, 0.05) is 31.6 Å². The minimum absolute atomic E-state index is 0. The third-order valence-corrected chi connectivity index (χ3v) is 4.47. The number of carbonyl (C=O) groups excluding carboxylic acids is 2. The lowest BCUT2D eigenvalue weighted by atomic mass is 10.1. The summed E-state index contributed by atoms with van der Waals surface area (Å²) in [7, 11) is 0. The maximum atomic E-state index is 13.8. The number of halogens is 3. The van der Waals surface area contributed by atoms with E-state index in [4.69, 9.17) is 5.73 Å². The van der Waals surface area contributed by atoms with E-state index in [0.717, 1.165) is 25.0 Å². The third-order valence-electron chi connectivity index (χ3n) is 4.47. The van der Waals surface area contributed by atoms with Crippen LogP contribution in [0.3, 0.4) is 0 Å². The molecule has 2 atom stereocenters. The van der Waals surface area contributed by atoms with Crippen molar-refractivity contribution in [3.8, 4) is 0 Å². The zero-order valence-electron chi connectivity index (χ0n) is 13.0. The summed E-state index contributed by atoms with van der Waals surface area (Å²) in [6.07, 6.45) is 2.13. The Balaban J connectivity index is 0.00000208. The number of hydrogen-bond acceptors (Lipinski definition) is 3. The first-order valence-corrected chi connectivity index (χ1v) is 7.75. The van der Waals surface area contributed by atoms with Crippen LogP contribution in [0.25, 0.3) is 0 Å². The first-order valence-electron chi connectivity index (χ1n) is 7.75. The first-order chi connectivity index (χ1) is 11.0. The predicted molar refractivity (Wildman–Crippen MR) is 87.8 cm³/mol. The van der Waals surface area contributed by atoms with Gasteiger partial charge in [-0.2, -0.15) is 0 Å². The van der Waals surface area contributed by atoms with E-state index in [9.17, 15) is 18.4 Å². The molecule has 1 aliphatic carbocycles. The molecule has 3 rings (SSSR count). The Kier molecular flexibility index (Phi) is 5.77. The molecular weight excluding hydrogens is 340 g/mol. The van der Waals surface area contributed by atoms with Gasteiger partial charge in [-0.15, -0.1) is 12.4 Å². The molecule has 1 aliphatic heterocycles. The van der Waals surface area contributed by atoms with Crippen molar-refractivity contribution in [2.75, 3.05) is 18.0 Å². The second kappa shape index (κ2) is 7.44. The summed E-state index contributed by atoms with van der Waals surface area (Å²) in [6.45, 7) is 0.461. The van der Waals surface area contributed by atoms with Gasteiger partial charge in [0.1, 0.15) is 11.6 Å². The summed E-state index contributed by atoms with van der Waals surface area (Å²) in [5, 5.41) is 2.89. The summed E-state index contributed by atoms with van der Waals surface area (Å²) in [6, 6.07) is 2.98. The summed E-state index contributed by atoms with van der Waals surface area (Å²) >= 11 is 0. The number of rotatable bonds is 5. The summed E-state index contributed by atoms with van der Waals surface area (Å²) in [5.74, 6) is -2.21. The Hall–Kier alpha value is -1.73. The van der Waals surface area contributed by atoms with Crippen LogP contribution in [0.1, 0.15) is 19.3 Å². The Morgan fingerprint density at radius 3 is 2.67 bits per heavy atom. The van der Waals surface area contributed by atoms with Gasteiger partial charge in [-0.3, -0.25) is 9.59 Å². The Labute approximate surface area is 145 Å². The Bertz CT molecular complexity index is 640. The highest BCUT2D eigenvalue weighted by atomic mass is 35.5. The molecule has 5 nitrogen and oxygen atoms in total. The Morgan fingerprint density at radius 1 is 1.38 bits per heavy atom. The summed E-state index contributed by atoms with van der Waals surface area (Å²) < 4.78 is 26.8. The van der Waals surface area contributed by atoms with Crippen LogP contribution >= 0.6 is 12.4 Å². The molecule has 0 aromatic heterocycles. The molecule has 0 spiro atoms. The molecule has 1 saturated carbocycles. The second-order valence-electron chi connectivity index (χ2n) is 6.19. The van der Waals surface area contributed by atoms with Crippen LogP contribution < -0.4 is 16.0 Å². The van der Waals surface area contributed by atoms with Gasteiger partial charge in [0.05, 0.1) is 11.6 Å². The van der Waals surface area contributed by atoms with Gasteiger partial charge in [0.15, 0.2) is 0 Å². The standard InChI is InChI=1S/C16H19F2N3O2.ClH/c17-11-3-4-14(12(18)6-11)21-8-10(5-15(21)22)16(23)20-13(7-19)9-1-2-9;/h3-4,6,9-10,13H,1-2,5,7-8,19H2,(H,20,23);1H. The second-order valence-corrected chi connectivity index (χ2v) is 6.19. The molecular formula is C16H20ClF2N3O2. The zero-order chi connectivity index (χ0) is 16.6. The minimum Gasteiger partial charge on any atom is -0.352 e. The molecule has 2 aliphatic rings. The van der Waals surface area contributed by atoms with Gasteiger partial charge in [-0.1, -0.05) is 0 Å². The summed E-state index contributed by atoms with van der Waals surface area (Å²) in [4.78, 5) is 25.6. The van der Waals surface area contributed by atoms with Gasteiger partial charge >= 0.3 is 0 Å². The molecule has 8 heteroatoms. The van der Waals surface area contributed by atoms with E-state index >= 15 is 0 Å². The molecule has 0 bridgehead atoms. The molecule has 2 unspecified atom stereocenters. The van der Waals surface area contributed by atoms with Crippen LogP contribution in [0, 0.1) is 23.5 Å². The highest BCUT2D eigenvalue weighted by molar-refractivity contribution is 6.00. The SMILES string of the molecule is Cl.NCC(NC(=O)C1CC(=O)N(c2ccc(F)cc2F)C1)C1CC1. The van der Waals surface area contributed by atoms with Crippen molar-refractivity contribution < 1.29 is 18.4 Å². The highest BCUT2D eigenvalue weighted by Gasteiger charge is 2.38. The molecule has 2 amide bonds. The fourth-order valence-corrected chi connectivity index (χ4v) is 2.98. The first kappa shape index (κ1) is 18.6. The maximum Gasteiger partial charge on any atom is 0.227 e. The fraction of sp³-hybridized carbons (Fsp3) is 0.500. The van der Waals surface area contributed by atoms with Crippen molar-refractivity contribution >= 4 is 29.9 Å². The number of hydrogen-bond donors (Lipinski definition) is 2. The lowest BCUT2D eigenvalue weighted by molar-refractivity contribution is -0.127. The maximum absolute atomic E-state index is 13.8. The molecule has 1 aromatic carbocycles. The average molecular weight is 360 g/mol. The number of amides is 2. The van der Waals surface area contributed by atoms with Crippen LogP contribution in [0.5, 0.6) is 0 Å². The van der Waals surface area contributed by atoms with E-state index in [1.807, 2.05) is 0 Å². The van der Waals surface area contributed by atoms with Crippen molar-refractivity contribution in [3.05, 3.63) is 29.8 Å². The molecule has 3 N–H and O–H groups in total. The van der Waals surface area contributed by atoms with E-state index in [1.165, 1.54) is 11.0 Å². The number of nitrogens with two attached hydrogens (primary N) is 1. The lowest BCUT2D eigenvalue weighted by Gasteiger charge is -2.20. The molecule has 24 heavy (non-hydrogen) atoms. The largest absolute Gasteiger partial charge is 0.352 e. The molecule has 1 saturated heterocycles. The highest BCUT2D eigenvalue weighted by Crippen LogP contribution is 2.33. The van der Waals surface area contributed by atoms with Gasteiger partial charge in [-0.05, 0) is 30.9 Å². The zero-order valence-corrected chi connectivity index (χ0v) is 13.8. The van der Waals surface area contributed by atoms with Gasteiger partial charge in [-0.25, -0.2) is 8.78 Å². The van der Waals surface area contributed by atoms with Crippen molar-refractivity contribution in [2.24, 2.45) is 17.6 Å². The minimum atomic E-state index is -0.808. The van der Waals surface area contributed by atoms with Crippen LogP contribution in [0.4, 0.5) is 14.5 Å². The van der Waals surface area contributed by atoms with Crippen LogP contribution in [-0.2, 0) is 9.59 Å². The average Bonchev–Trinajstić information content (AvgIpc) is 3.28. The van der Waals surface area contributed by atoms with Crippen LogP contribution in [0.2, 0.25) is 0 Å². The van der Waals surface area contributed by atoms with Gasteiger partial charge < -0.3 is 16.0 Å². The van der Waals surface area contributed by atoms with E-state index in [2.05, 4.69) is 5.32 Å². The van der Waals surface area contributed by atoms with Gasteiger partial charge in [0.2, 0.25) is 11.8 Å². The molecule has 2 fully saturated rings. The van der Waals surface area contributed by atoms with Crippen molar-refractivity contribution in [2.45, 2.75) is 25.3 Å². The van der Waals surface area contributed by atoms with E-state index in [0.29, 0.717) is 12.5 Å². The Morgan fingerprint density at radius 2 is 2.08 bits per heavy atom. The molecule has 0 radical (unpaired) electrons. The predicted octanol–water partition coefficient (Wildman–Crippen LogP) is 1.59. The normalized spacial score (nSPS) is 21.4.